The van der Waals surface area contributed by atoms with Gasteiger partial charge in [-0.1, -0.05) is 27.2 Å². The van der Waals surface area contributed by atoms with Crippen molar-refractivity contribution in [3.05, 3.63) is 16.0 Å². The monoisotopic (exact) mass is 340 g/mol. The third kappa shape index (κ3) is 4.54. The van der Waals surface area contributed by atoms with E-state index in [1.165, 1.54) is 11.3 Å². The number of hydrogen-bond acceptors (Lipinski definition) is 4. The molecule has 2 atom stereocenters. The van der Waals surface area contributed by atoms with Crippen LogP contribution in [-0.2, 0) is 9.59 Å². The second kappa shape index (κ2) is 8.10. The van der Waals surface area contributed by atoms with Gasteiger partial charge in [-0.05, 0) is 25.3 Å². The third-order valence-corrected chi connectivity index (χ3v) is 5.07. The summed E-state index contributed by atoms with van der Waals surface area (Å²) in [7, 11) is 0. The van der Waals surface area contributed by atoms with Crippen molar-refractivity contribution in [2.75, 3.05) is 5.32 Å². The molecule has 0 aliphatic carbocycles. The highest BCUT2D eigenvalue weighted by molar-refractivity contribution is 7.16. The summed E-state index contributed by atoms with van der Waals surface area (Å²) in [6.07, 6.45) is 0.944. The van der Waals surface area contributed by atoms with E-state index in [0.29, 0.717) is 23.4 Å². The van der Waals surface area contributed by atoms with Gasteiger partial charge in [-0.3, -0.25) is 9.59 Å². The van der Waals surface area contributed by atoms with Gasteiger partial charge in [-0.2, -0.15) is 0 Å². The Morgan fingerprint density at radius 2 is 1.83 bits per heavy atom. The van der Waals surface area contributed by atoms with E-state index in [1.54, 1.807) is 20.8 Å². The van der Waals surface area contributed by atoms with Crippen molar-refractivity contribution in [3.8, 4) is 0 Å². The number of anilines is 1. The van der Waals surface area contributed by atoms with Gasteiger partial charge in [0.05, 0.1) is 5.56 Å². The first-order valence-corrected chi connectivity index (χ1v) is 8.47. The molecular weight excluding hydrogens is 316 g/mol. The number of aliphatic carboxylic acids is 1. The van der Waals surface area contributed by atoms with Crippen LogP contribution in [0.5, 0.6) is 0 Å². The van der Waals surface area contributed by atoms with Crippen LogP contribution in [0.2, 0.25) is 0 Å². The number of hydrogen-bond donors (Lipinski definition) is 3. The fourth-order valence-electron chi connectivity index (χ4n) is 2.10. The van der Waals surface area contributed by atoms with E-state index >= 15 is 0 Å². The van der Waals surface area contributed by atoms with E-state index in [-0.39, 0.29) is 11.8 Å². The van der Waals surface area contributed by atoms with Crippen molar-refractivity contribution in [1.82, 2.24) is 5.32 Å². The van der Waals surface area contributed by atoms with Crippen LogP contribution in [0, 0.1) is 19.8 Å². The highest BCUT2D eigenvalue weighted by Crippen LogP contribution is 2.32. The predicted octanol–water partition coefficient (Wildman–Crippen LogP) is 2.94. The average molecular weight is 340 g/mol. The van der Waals surface area contributed by atoms with Gasteiger partial charge in [0.15, 0.2) is 0 Å². The maximum absolute atomic E-state index is 12.6. The second-order valence-corrected chi connectivity index (χ2v) is 6.79. The maximum Gasteiger partial charge on any atom is 0.326 e. The molecule has 0 saturated heterocycles. The Morgan fingerprint density at radius 1 is 1.22 bits per heavy atom. The van der Waals surface area contributed by atoms with Crippen LogP contribution in [0.15, 0.2) is 0 Å². The van der Waals surface area contributed by atoms with Gasteiger partial charge >= 0.3 is 5.97 Å². The number of nitrogens with one attached hydrogen (secondary N) is 2. The summed E-state index contributed by atoms with van der Waals surface area (Å²) in [6.45, 7) is 9.04. The first-order chi connectivity index (χ1) is 10.7. The summed E-state index contributed by atoms with van der Waals surface area (Å²) in [5.41, 5.74) is 1.11. The first kappa shape index (κ1) is 19.2. The third-order valence-electron chi connectivity index (χ3n) is 3.95. The smallest absolute Gasteiger partial charge is 0.326 e. The number of carbonyl (C=O) groups excluding carboxylic acids is 2. The largest absolute Gasteiger partial charge is 0.480 e. The lowest BCUT2D eigenvalue weighted by Crippen LogP contribution is -2.45. The molecule has 0 radical (unpaired) electrons. The number of amides is 2. The molecule has 7 heteroatoms. The minimum atomic E-state index is -1.06. The van der Waals surface area contributed by atoms with Crippen molar-refractivity contribution in [3.63, 3.8) is 0 Å². The summed E-state index contributed by atoms with van der Waals surface area (Å²) in [5.74, 6) is -1.90. The van der Waals surface area contributed by atoms with E-state index in [2.05, 4.69) is 10.6 Å². The van der Waals surface area contributed by atoms with Crippen molar-refractivity contribution in [2.45, 2.75) is 53.5 Å². The van der Waals surface area contributed by atoms with E-state index in [4.69, 9.17) is 0 Å². The summed E-state index contributed by atoms with van der Waals surface area (Å²) < 4.78 is 0. The molecule has 0 saturated carbocycles. The topological polar surface area (TPSA) is 95.5 Å². The Kier molecular flexibility index (Phi) is 6.75. The van der Waals surface area contributed by atoms with Gasteiger partial charge < -0.3 is 15.7 Å². The van der Waals surface area contributed by atoms with Crippen LogP contribution < -0.4 is 10.6 Å². The molecule has 0 spiro atoms. The summed E-state index contributed by atoms with van der Waals surface area (Å²) >= 11 is 1.32. The van der Waals surface area contributed by atoms with Crippen LogP contribution in [-0.4, -0.2) is 28.9 Å². The number of rotatable bonds is 7. The zero-order valence-corrected chi connectivity index (χ0v) is 15.0. The summed E-state index contributed by atoms with van der Waals surface area (Å²) in [6, 6.07) is -0.957. The molecule has 3 N–H and O–H groups in total. The zero-order valence-electron chi connectivity index (χ0n) is 14.1. The zero-order chi connectivity index (χ0) is 17.7. The number of thiophene rings is 1. The molecule has 2 amide bonds. The van der Waals surface area contributed by atoms with Gasteiger partial charge in [-0.25, -0.2) is 4.79 Å². The molecule has 2 unspecified atom stereocenters. The van der Waals surface area contributed by atoms with Crippen LogP contribution in [0.25, 0.3) is 0 Å². The van der Waals surface area contributed by atoms with E-state index < -0.39 is 17.9 Å². The number of aryl methyl sites for hydroxylation is 1. The normalized spacial score (nSPS) is 13.3. The van der Waals surface area contributed by atoms with E-state index in [1.807, 2.05) is 13.8 Å². The Hall–Kier alpha value is -1.89. The van der Waals surface area contributed by atoms with E-state index in [9.17, 15) is 19.5 Å². The van der Waals surface area contributed by atoms with Gasteiger partial charge in [0, 0.05) is 11.3 Å². The standard InChI is InChI=1S/C16H24N2O4S/c1-6-8(3)13(16(21)22)18-14(20)12-9(4)10(5)23-15(12)17-11(19)7-2/h8,13H,6-7H2,1-5H3,(H,17,19)(H,18,20)(H,21,22). The summed E-state index contributed by atoms with van der Waals surface area (Å²) in [4.78, 5) is 36.5. The van der Waals surface area contributed by atoms with Crippen molar-refractivity contribution >= 4 is 34.1 Å². The fraction of sp³-hybridized carbons (Fsp3) is 0.562. The lowest BCUT2D eigenvalue weighted by Gasteiger charge is -2.20. The lowest BCUT2D eigenvalue weighted by atomic mass is 9.98. The number of carboxylic acids is 1. The highest BCUT2D eigenvalue weighted by Gasteiger charge is 2.28. The predicted molar refractivity (Wildman–Crippen MR) is 91.1 cm³/mol. The number of carbonyl (C=O) groups is 3. The Balaban J connectivity index is 3.11. The fourth-order valence-corrected chi connectivity index (χ4v) is 3.17. The van der Waals surface area contributed by atoms with Crippen LogP contribution in [0.4, 0.5) is 5.00 Å². The molecule has 128 valence electrons. The maximum atomic E-state index is 12.6. The van der Waals surface area contributed by atoms with Crippen LogP contribution >= 0.6 is 11.3 Å². The Bertz CT molecular complexity index is 609. The SMILES string of the molecule is CCC(=O)Nc1sc(C)c(C)c1C(=O)NC(C(=O)O)C(C)CC. The molecule has 23 heavy (non-hydrogen) atoms. The Morgan fingerprint density at radius 3 is 2.30 bits per heavy atom. The molecule has 0 bridgehead atoms. The molecule has 0 fully saturated rings. The molecule has 6 nitrogen and oxygen atoms in total. The quantitative estimate of drug-likeness (QED) is 0.711. The Labute approximate surface area is 140 Å². The van der Waals surface area contributed by atoms with Crippen molar-refractivity contribution in [1.29, 1.82) is 0 Å². The lowest BCUT2D eigenvalue weighted by molar-refractivity contribution is -0.140. The van der Waals surface area contributed by atoms with Gasteiger partial charge in [-0.15, -0.1) is 11.3 Å². The van der Waals surface area contributed by atoms with Crippen LogP contribution in [0.3, 0.4) is 0 Å². The van der Waals surface area contributed by atoms with Gasteiger partial charge in [0.1, 0.15) is 11.0 Å². The molecule has 0 aliphatic heterocycles. The van der Waals surface area contributed by atoms with Crippen molar-refractivity contribution in [2.24, 2.45) is 5.92 Å². The van der Waals surface area contributed by atoms with Gasteiger partial charge in [0.25, 0.3) is 5.91 Å². The molecule has 0 aromatic carbocycles. The minimum absolute atomic E-state index is 0.183. The van der Waals surface area contributed by atoms with E-state index in [0.717, 1.165) is 10.4 Å². The molecule has 1 aromatic rings. The minimum Gasteiger partial charge on any atom is -0.480 e. The average Bonchev–Trinajstić information content (AvgIpc) is 2.77. The first-order valence-electron chi connectivity index (χ1n) is 7.66. The summed E-state index contributed by atoms with van der Waals surface area (Å²) in [5, 5.41) is 15.1. The molecule has 1 heterocycles. The second-order valence-electron chi connectivity index (χ2n) is 5.56. The molecule has 1 aromatic heterocycles. The number of carboxylic acid groups (broad SMARTS) is 1. The highest BCUT2D eigenvalue weighted by atomic mass is 32.1. The van der Waals surface area contributed by atoms with Crippen LogP contribution in [0.1, 0.15) is 54.4 Å². The molecule has 0 aliphatic rings. The van der Waals surface area contributed by atoms with Gasteiger partial charge in [0.2, 0.25) is 5.91 Å². The molecule has 1 rings (SSSR count). The van der Waals surface area contributed by atoms with Crippen molar-refractivity contribution < 1.29 is 19.5 Å². The molecular formula is C16H24N2O4S.